The maximum Gasteiger partial charge on any atom is 0.311 e. The fourth-order valence-corrected chi connectivity index (χ4v) is 2.37. The summed E-state index contributed by atoms with van der Waals surface area (Å²) < 4.78 is 6.06. The number of benzene rings is 2. The van der Waals surface area contributed by atoms with Gasteiger partial charge in [-0.15, -0.1) is 11.6 Å². The molecule has 0 aliphatic rings. The molecule has 0 N–H and O–H groups in total. The molecule has 0 aliphatic carbocycles. The van der Waals surface area contributed by atoms with Gasteiger partial charge in [-0.25, -0.2) is 0 Å². The molecule has 0 radical (unpaired) electrons. The van der Waals surface area contributed by atoms with E-state index in [1.165, 1.54) is 0 Å². The van der Waals surface area contributed by atoms with Gasteiger partial charge in [0.05, 0.1) is 4.47 Å². The van der Waals surface area contributed by atoms with Crippen molar-refractivity contribution in [1.82, 2.24) is 0 Å². The predicted molar refractivity (Wildman–Crippen MR) is 85.2 cm³/mol. The molecule has 0 fully saturated rings. The number of carbonyl (C=O) groups is 1. The third-order valence-corrected chi connectivity index (χ3v) is 3.66. The van der Waals surface area contributed by atoms with Crippen LogP contribution in [0.25, 0.3) is 11.1 Å². The monoisotopic (exact) mass is 352 g/mol. The molecule has 0 spiro atoms. The summed E-state index contributed by atoms with van der Waals surface area (Å²) in [5.41, 5.74) is 2.19. The first-order valence-corrected chi connectivity index (χ1v) is 7.65. The van der Waals surface area contributed by atoms with Crippen LogP contribution < -0.4 is 4.74 Å². The number of alkyl halides is 1. The Hall–Kier alpha value is -1.32. The van der Waals surface area contributed by atoms with Crippen molar-refractivity contribution in [3.05, 3.63) is 53.0 Å². The summed E-state index contributed by atoms with van der Waals surface area (Å²) >= 11 is 8.99. The molecule has 2 aromatic rings. The Morgan fingerprint density at radius 3 is 2.50 bits per heavy atom. The average molecular weight is 354 g/mol. The summed E-state index contributed by atoms with van der Waals surface area (Å²) in [6, 6.07) is 15.7. The van der Waals surface area contributed by atoms with Gasteiger partial charge in [-0.1, -0.05) is 36.4 Å². The van der Waals surface area contributed by atoms with Crippen LogP contribution in [0.5, 0.6) is 5.75 Å². The highest BCUT2D eigenvalue weighted by Gasteiger charge is 2.09. The van der Waals surface area contributed by atoms with Crippen LogP contribution in [0.3, 0.4) is 0 Å². The molecular weight excluding hydrogens is 340 g/mol. The lowest BCUT2D eigenvalue weighted by Gasteiger charge is -2.08. The van der Waals surface area contributed by atoms with Gasteiger partial charge < -0.3 is 4.74 Å². The minimum atomic E-state index is -0.265. The highest BCUT2D eigenvalue weighted by molar-refractivity contribution is 9.10. The molecule has 0 heterocycles. The Morgan fingerprint density at radius 2 is 1.85 bits per heavy atom. The first-order valence-electron chi connectivity index (χ1n) is 6.32. The quantitative estimate of drug-likeness (QED) is 0.427. The molecule has 0 saturated carbocycles. The summed E-state index contributed by atoms with van der Waals surface area (Å²) in [6.45, 7) is 0. The molecule has 0 saturated heterocycles. The van der Waals surface area contributed by atoms with Crippen molar-refractivity contribution in [2.24, 2.45) is 0 Å². The number of halogens is 2. The second-order valence-electron chi connectivity index (χ2n) is 4.28. The number of rotatable bonds is 5. The van der Waals surface area contributed by atoms with Gasteiger partial charge >= 0.3 is 5.97 Å². The average Bonchev–Trinajstić information content (AvgIpc) is 2.48. The number of ether oxygens (including phenoxy) is 1. The molecule has 0 unspecified atom stereocenters. The molecule has 2 nitrogen and oxygen atoms in total. The van der Waals surface area contributed by atoms with Crippen molar-refractivity contribution in [2.45, 2.75) is 12.8 Å². The van der Waals surface area contributed by atoms with Crippen LogP contribution in [0.1, 0.15) is 12.8 Å². The van der Waals surface area contributed by atoms with Crippen LogP contribution in [0, 0.1) is 0 Å². The standard InChI is InChI=1S/C16H14BrClO2/c17-14-11-13(12-5-2-1-3-6-12)8-9-15(14)20-16(19)7-4-10-18/h1-3,5-6,8-9,11H,4,7,10H2. The van der Waals surface area contributed by atoms with E-state index in [1.54, 1.807) is 6.07 Å². The fraction of sp³-hybridized carbons (Fsp3) is 0.188. The number of hydrogen-bond donors (Lipinski definition) is 0. The summed E-state index contributed by atoms with van der Waals surface area (Å²) in [5.74, 6) is 0.728. The lowest BCUT2D eigenvalue weighted by Crippen LogP contribution is -2.08. The Morgan fingerprint density at radius 1 is 1.10 bits per heavy atom. The minimum Gasteiger partial charge on any atom is -0.425 e. The van der Waals surface area contributed by atoms with E-state index in [9.17, 15) is 4.79 Å². The van der Waals surface area contributed by atoms with Crippen molar-refractivity contribution >= 4 is 33.5 Å². The SMILES string of the molecule is O=C(CCCCl)Oc1ccc(-c2ccccc2)cc1Br. The zero-order chi connectivity index (χ0) is 14.4. The van der Waals surface area contributed by atoms with Gasteiger partial charge in [-0.2, -0.15) is 0 Å². The van der Waals surface area contributed by atoms with Crippen molar-refractivity contribution in [1.29, 1.82) is 0 Å². The fourth-order valence-electron chi connectivity index (χ4n) is 1.78. The molecule has 2 rings (SSSR count). The third kappa shape index (κ3) is 4.09. The van der Waals surface area contributed by atoms with Gasteiger partial charge in [0.15, 0.2) is 0 Å². The topological polar surface area (TPSA) is 26.3 Å². The summed E-state index contributed by atoms with van der Waals surface area (Å²) in [7, 11) is 0. The van der Waals surface area contributed by atoms with Gasteiger partial charge in [-0.3, -0.25) is 4.79 Å². The van der Waals surface area contributed by atoms with Crippen molar-refractivity contribution in [3.63, 3.8) is 0 Å². The summed E-state index contributed by atoms with van der Waals surface area (Å²) in [4.78, 5) is 11.6. The van der Waals surface area contributed by atoms with E-state index in [2.05, 4.69) is 15.9 Å². The van der Waals surface area contributed by atoms with Crippen LogP contribution >= 0.6 is 27.5 Å². The van der Waals surface area contributed by atoms with E-state index in [-0.39, 0.29) is 5.97 Å². The van der Waals surface area contributed by atoms with Crippen LogP contribution in [-0.2, 0) is 4.79 Å². The van der Waals surface area contributed by atoms with E-state index >= 15 is 0 Å². The second kappa shape index (κ2) is 7.46. The zero-order valence-corrected chi connectivity index (χ0v) is 13.2. The van der Waals surface area contributed by atoms with Crippen molar-refractivity contribution in [2.75, 3.05) is 5.88 Å². The van der Waals surface area contributed by atoms with Crippen molar-refractivity contribution in [3.8, 4) is 16.9 Å². The highest BCUT2D eigenvalue weighted by atomic mass is 79.9. The van der Waals surface area contributed by atoms with E-state index in [1.807, 2.05) is 42.5 Å². The molecule has 0 aliphatic heterocycles. The normalized spacial score (nSPS) is 10.3. The Labute approximate surface area is 131 Å². The maximum absolute atomic E-state index is 11.6. The van der Waals surface area contributed by atoms with Gasteiger partial charge in [-0.05, 0) is 45.6 Å². The molecular formula is C16H14BrClO2. The van der Waals surface area contributed by atoms with Gasteiger partial charge in [0.1, 0.15) is 5.75 Å². The molecule has 4 heteroatoms. The first-order chi connectivity index (χ1) is 9.70. The van der Waals surface area contributed by atoms with Crippen LogP contribution in [0.15, 0.2) is 53.0 Å². The predicted octanol–water partition coefficient (Wildman–Crippen LogP) is 5.04. The van der Waals surface area contributed by atoms with Gasteiger partial charge in [0.2, 0.25) is 0 Å². The molecule has 20 heavy (non-hydrogen) atoms. The van der Waals surface area contributed by atoms with Gasteiger partial charge in [0.25, 0.3) is 0 Å². The molecule has 104 valence electrons. The lowest BCUT2D eigenvalue weighted by atomic mass is 10.1. The Kier molecular flexibility index (Phi) is 5.62. The molecule has 2 aromatic carbocycles. The van der Waals surface area contributed by atoms with Crippen LogP contribution in [0.4, 0.5) is 0 Å². The van der Waals surface area contributed by atoms with Crippen LogP contribution in [-0.4, -0.2) is 11.8 Å². The highest BCUT2D eigenvalue weighted by Crippen LogP contribution is 2.30. The molecule has 0 atom stereocenters. The second-order valence-corrected chi connectivity index (χ2v) is 5.51. The zero-order valence-electron chi connectivity index (χ0n) is 10.8. The van der Waals surface area contributed by atoms with Crippen LogP contribution in [0.2, 0.25) is 0 Å². The molecule has 0 bridgehead atoms. The Balaban J connectivity index is 2.12. The maximum atomic E-state index is 11.6. The minimum absolute atomic E-state index is 0.265. The van der Waals surface area contributed by atoms with E-state index in [4.69, 9.17) is 16.3 Å². The number of carbonyl (C=O) groups excluding carboxylic acids is 1. The summed E-state index contributed by atoms with van der Waals surface area (Å²) in [6.07, 6.45) is 0.955. The van der Waals surface area contributed by atoms with E-state index < -0.39 is 0 Å². The lowest BCUT2D eigenvalue weighted by molar-refractivity contribution is -0.134. The third-order valence-electron chi connectivity index (χ3n) is 2.78. The van der Waals surface area contributed by atoms with Crippen molar-refractivity contribution < 1.29 is 9.53 Å². The largest absolute Gasteiger partial charge is 0.425 e. The number of hydrogen-bond acceptors (Lipinski definition) is 2. The smallest absolute Gasteiger partial charge is 0.311 e. The van der Waals surface area contributed by atoms with Gasteiger partial charge in [0, 0.05) is 12.3 Å². The Bertz CT molecular complexity index is 584. The first kappa shape index (κ1) is 15.1. The molecule has 0 aromatic heterocycles. The summed E-state index contributed by atoms with van der Waals surface area (Å²) in [5, 5.41) is 0. The van der Waals surface area contributed by atoms with E-state index in [0.717, 1.165) is 15.6 Å². The van der Waals surface area contributed by atoms with E-state index in [0.29, 0.717) is 24.5 Å². The molecule has 0 amide bonds. The number of esters is 1.